The monoisotopic (exact) mass is 200 g/mol. The molecule has 1 saturated carbocycles. The Kier molecular flexibility index (Phi) is 3.76. The van der Waals surface area contributed by atoms with Crippen LogP contribution in [0.3, 0.4) is 0 Å². The molecule has 0 amide bonds. The Morgan fingerprint density at radius 3 is 2.43 bits per heavy atom. The van der Waals surface area contributed by atoms with Gasteiger partial charge in [-0.15, -0.1) is 0 Å². The van der Waals surface area contributed by atoms with E-state index in [0.717, 1.165) is 31.6 Å². The lowest BCUT2D eigenvalue weighted by molar-refractivity contribution is 0.184. The van der Waals surface area contributed by atoms with Gasteiger partial charge >= 0.3 is 0 Å². The van der Waals surface area contributed by atoms with Crippen molar-refractivity contribution in [1.29, 1.82) is 0 Å². The van der Waals surface area contributed by atoms with Crippen molar-refractivity contribution >= 4 is 0 Å². The number of alkyl halides is 1. The largest absolute Gasteiger partial charge is 0.317 e. The molecule has 1 heterocycles. The van der Waals surface area contributed by atoms with Gasteiger partial charge in [-0.2, -0.15) is 0 Å². The van der Waals surface area contributed by atoms with E-state index in [1.807, 2.05) is 0 Å². The van der Waals surface area contributed by atoms with E-state index in [2.05, 4.69) is 10.2 Å². The summed E-state index contributed by atoms with van der Waals surface area (Å²) in [5.41, 5.74) is 0. The SMILES string of the molecule is FCCN(CC1CCNCC1)C1CC1. The molecule has 0 aromatic heterocycles. The second-order valence-electron chi connectivity index (χ2n) is 4.61. The van der Waals surface area contributed by atoms with Crippen LogP contribution in [0.5, 0.6) is 0 Å². The highest BCUT2D eigenvalue weighted by atomic mass is 19.1. The minimum absolute atomic E-state index is 0.179. The molecule has 0 radical (unpaired) electrons. The van der Waals surface area contributed by atoms with Crippen molar-refractivity contribution in [3.05, 3.63) is 0 Å². The maximum atomic E-state index is 12.3. The zero-order chi connectivity index (χ0) is 9.80. The van der Waals surface area contributed by atoms with Gasteiger partial charge in [-0.1, -0.05) is 0 Å². The van der Waals surface area contributed by atoms with Crippen LogP contribution >= 0.6 is 0 Å². The Labute approximate surface area is 85.9 Å². The van der Waals surface area contributed by atoms with Crippen LogP contribution in [0.2, 0.25) is 0 Å². The van der Waals surface area contributed by atoms with Crippen molar-refractivity contribution in [1.82, 2.24) is 10.2 Å². The molecule has 1 aliphatic carbocycles. The number of hydrogen-bond acceptors (Lipinski definition) is 2. The lowest BCUT2D eigenvalue weighted by atomic mass is 9.97. The van der Waals surface area contributed by atoms with Gasteiger partial charge in [0.15, 0.2) is 0 Å². The lowest BCUT2D eigenvalue weighted by Gasteiger charge is -2.29. The number of nitrogens with one attached hydrogen (secondary N) is 1. The molecule has 2 fully saturated rings. The molecule has 2 rings (SSSR count). The second kappa shape index (κ2) is 5.08. The van der Waals surface area contributed by atoms with Crippen LogP contribution in [0.4, 0.5) is 4.39 Å². The maximum absolute atomic E-state index is 12.3. The highest BCUT2D eigenvalue weighted by Gasteiger charge is 2.30. The van der Waals surface area contributed by atoms with Crippen LogP contribution in [0.25, 0.3) is 0 Å². The van der Waals surface area contributed by atoms with E-state index < -0.39 is 0 Å². The van der Waals surface area contributed by atoms with Gasteiger partial charge in [0.25, 0.3) is 0 Å². The second-order valence-corrected chi connectivity index (χ2v) is 4.61. The average Bonchev–Trinajstić information content (AvgIpc) is 3.02. The van der Waals surface area contributed by atoms with Gasteiger partial charge < -0.3 is 5.32 Å². The molecule has 0 spiro atoms. The normalized spacial score (nSPS) is 24.4. The summed E-state index contributed by atoms with van der Waals surface area (Å²) >= 11 is 0. The van der Waals surface area contributed by atoms with Gasteiger partial charge in [0.2, 0.25) is 0 Å². The highest BCUT2D eigenvalue weighted by Crippen LogP contribution is 2.28. The van der Waals surface area contributed by atoms with E-state index in [-0.39, 0.29) is 6.67 Å². The fourth-order valence-corrected chi connectivity index (χ4v) is 2.37. The minimum Gasteiger partial charge on any atom is -0.317 e. The summed E-state index contributed by atoms with van der Waals surface area (Å²) < 4.78 is 12.3. The summed E-state index contributed by atoms with van der Waals surface area (Å²) in [5.74, 6) is 0.809. The van der Waals surface area contributed by atoms with Crippen LogP contribution in [0.1, 0.15) is 25.7 Å². The van der Waals surface area contributed by atoms with Gasteiger partial charge in [-0.3, -0.25) is 4.90 Å². The van der Waals surface area contributed by atoms with Crippen molar-refractivity contribution in [3.8, 4) is 0 Å². The summed E-state index contributed by atoms with van der Waals surface area (Å²) in [6.07, 6.45) is 5.14. The van der Waals surface area contributed by atoms with Gasteiger partial charge in [-0.05, 0) is 44.7 Å². The summed E-state index contributed by atoms with van der Waals surface area (Å²) in [6, 6.07) is 0.723. The fourth-order valence-electron chi connectivity index (χ4n) is 2.37. The maximum Gasteiger partial charge on any atom is 0.102 e. The van der Waals surface area contributed by atoms with E-state index >= 15 is 0 Å². The molecule has 0 unspecified atom stereocenters. The molecule has 2 aliphatic rings. The van der Waals surface area contributed by atoms with Crippen LogP contribution in [-0.2, 0) is 0 Å². The Morgan fingerprint density at radius 1 is 1.14 bits per heavy atom. The Hall–Kier alpha value is -0.150. The fraction of sp³-hybridized carbons (Fsp3) is 1.00. The molecule has 0 bridgehead atoms. The molecular formula is C11H21FN2. The Morgan fingerprint density at radius 2 is 1.86 bits per heavy atom. The number of hydrogen-bond donors (Lipinski definition) is 1. The molecular weight excluding hydrogens is 179 g/mol. The zero-order valence-electron chi connectivity index (χ0n) is 8.84. The molecule has 14 heavy (non-hydrogen) atoms. The first kappa shape index (κ1) is 10.4. The summed E-state index contributed by atoms with van der Waals surface area (Å²) in [7, 11) is 0. The van der Waals surface area contributed by atoms with Gasteiger partial charge in [-0.25, -0.2) is 4.39 Å². The van der Waals surface area contributed by atoms with Crippen molar-refractivity contribution < 1.29 is 4.39 Å². The van der Waals surface area contributed by atoms with Crippen molar-refractivity contribution in [2.75, 3.05) is 32.9 Å². The molecule has 3 heteroatoms. The minimum atomic E-state index is -0.179. The first-order valence-electron chi connectivity index (χ1n) is 5.91. The first-order valence-corrected chi connectivity index (χ1v) is 5.91. The summed E-state index contributed by atoms with van der Waals surface area (Å²) in [5, 5.41) is 3.37. The smallest absolute Gasteiger partial charge is 0.102 e. The predicted octanol–water partition coefficient (Wildman–Crippen LogP) is 1.42. The van der Waals surface area contributed by atoms with E-state index in [0.29, 0.717) is 6.54 Å². The average molecular weight is 200 g/mol. The number of nitrogens with zero attached hydrogens (tertiary/aromatic N) is 1. The molecule has 82 valence electrons. The molecule has 0 aromatic carbocycles. The van der Waals surface area contributed by atoms with E-state index in [4.69, 9.17) is 0 Å². The predicted molar refractivity (Wildman–Crippen MR) is 56.2 cm³/mol. The van der Waals surface area contributed by atoms with Crippen LogP contribution in [-0.4, -0.2) is 43.8 Å². The molecule has 1 aliphatic heterocycles. The number of rotatable bonds is 5. The van der Waals surface area contributed by atoms with Gasteiger partial charge in [0.1, 0.15) is 6.67 Å². The third-order valence-corrected chi connectivity index (χ3v) is 3.39. The van der Waals surface area contributed by atoms with Crippen molar-refractivity contribution in [2.24, 2.45) is 5.92 Å². The summed E-state index contributed by atoms with van der Waals surface area (Å²) in [6.45, 7) is 3.92. The third-order valence-electron chi connectivity index (χ3n) is 3.39. The molecule has 0 atom stereocenters. The van der Waals surface area contributed by atoms with Crippen LogP contribution < -0.4 is 5.32 Å². The molecule has 1 N–H and O–H groups in total. The lowest BCUT2D eigenvalue weighted by Crippen LogP contribution is -2.38. The van der Waals surface area contributed by atoms with E-state index in [1.165, 1.54) is 25.7 Å². The van der Waals surface area contributed by atoms with Gasteiger partial charge in [0, 0.05) is 19.1 Å². The third kappa shape index (κ3) is 2.92. The van der Waals surface area contributed by atoms with E-state index in [9.17, 15) is 4.39 Å². The Bertz CT molecular complexity index is 165. The topological polar surface area (TPSA) is 15.3 Å². The number of halogens is 1. The molecule has 1 saturated heterocycles. The quantitative estimate of drug-likeness (QED) is 0.722. The zero-order valence-corrected chi connectivity index (χ0v) is 8.84. The highest BCUT2D eigenvalue weighted by molar-refractivity contribution is 4.86. The molecule has 2 nitrogen and oxygen atoms in total. The van der Waals surface area contributed by atoms with Crippen molar-refractivity contribution in [3.63, 3.8) is 0 Å². The standard InChI is InChI=1S/C11H21FN2/c12-5-8-14(11-1-2-11)9-10-3-6-13-7-4-10/h10-11,13H,1-9H2. The van der Waals surface area contributed by atoms with Crippen LogP contribution in [0, 0.1) is 5.92 Å². The van der Waals surface area contributed by atoms with Gasteiger partial charge in [0.05, 0.1) is 0 Å². The van der Waals surface area contributed by atoms with Crippen molar-refractivity contribution in [2.45, 2.75) is 31.7 Å². The summed E-state index contributed by atoms with van der Waals surface area (Å²) in [4.78, 5) is 2.37. The molecule has 0 aromatic rings. The Balaban J connectivity index is 1.73. The number of piperidine rings is 1. The van der Waals surface area contributed by atoms with E-state index in [1.54, 1.807) is 0 Å². The van der Waals surface area contributed by atoms with Crippen LogP contribution in [0.15, 0.2) is 0 Å². The first-order chi connectivity index (χ1) is 6.90.